The number of hydrogen-bond acceptors (Lipinski definition) is 1. The maximum absolute atomic E-state index is 11.1. The molecule has 0 saturated carbocycles. The predicted molar refractivity (Wildman–Crippen MR) is 80.1 cm³/mol. The highest BCUT2D eigenvalue weighted by atomic mass is 16.4. The number of carboxylic acid groups (broad SMARTS) is 1. The van der Waals surface area contributed by atoms with Crippen molar-refractivity contribution in [2.45, 2.75) is 13.3 Å². The molecule has 2 N–H and O–H groups in total. The summed E-state index contributed by atoms with van der Waals surface area (Å²) in [5, 5.41) is 10.1. The maximum atomic E-state index is 11.1. The average molecular weight is 265 g/mol. The van der Waals surface area contributed by atoms with Gasteiger partial charge in [0, 0.05) is 16.6 Å². The highest BCUT2D eigenvalue weighted by molar-refractivity contribution is 5.97. The SMILES string of the molecule is CCc1c(-c2ccccc2)[nH]c2ccc(C(=O)O)cc12. The van der Waals surface area contributed by atoms with Gasteiger partial charge in [0.15, 0.2) is 0 Å². The zero-order chi connectivity index (χ0) is 14.1. The van der Waals surface area contributed by atoms with Gasteiger partial charge in [0.1, 0.15) is 0 Å². The number of H-pyrrole nitrogens is 1. The van der Waals surface area contributed by atoms with Crippen LogP contribution in [0.4, 0.5) is 0 Å². The lowest BCUT2D eigenvalue weighted by Crippen LogP contribution is -1.95. The fraction of sp³-hybridized carbons (Fsp3) is 0.118. The molecule has 1 heterocycles. The number of aryl methyl sites for hydroxylation is 1. The van der Waals surface area contributed by atoms with Crippen LogP contribution in [-0.4, -0.2) is 16.1 Å². The molecule has 0 radical (unpaired) electrons. The summed E-state index contributed by atoms with van der Waals surface area (Å²) >= 11 is 0. The first kappa shape index (κ1) is 12.5. The Labute approximate surface area is 116 Å². The summed E-state index contributed by atoms with van der Waals surface area (Å²) in [5.74, 6) is -0.892. The van der Waals surface area contributed by atoms with E-state index in [-0.39, 0.29) is 0 Å². The molecule has 0 unspecified atom stereocenters. The molecule has 3 heteroatoms. The molecule has 20 heavy (non-hydrogen) atoms. The molecule has 0 aliphatic carbocycles. The van der Waals surface area contributed by atoms with E-state index in [1.54, 1.807) is 12.1 Å². The van der Waals surface area contributed by atoms with Crippen LogP contribution in [0, 0.1) is 0 Å². The first-order valence-electron chi connectivity index (χ1n) is 6.64. The summed E-state index contributed by atoms with van der Waals surface area (Å²) < 4.78 is 0. The number of hydrogen-bond donors (Lipinski definition) is 2. The Morgan fingerprint density at radius 2 is 1.90 bits per heavy atom. The van der Waals surface area contributed by atoms with Gasteiger partial charge >= 0.3 is 5.97 Å². The Morgan fingerprint density at radius 3 is 2.55 bits per heavy atom. The molecule has 3 aromatic rings. The lowest BCUT2D eigenvalue weighted by molar-refractivity contribution is 0.0697. The first-order chi connectivity index (χ1) is 9.70. The second-order valence-electron chi connectivity index (χ2n) is 4.76. The predicted octanol–water partition coefficient (Wildman–Crippen LogP) is 4.10. The summed E-state index contributed by atoms with van der Waals surface area (Å²) in [6.07, 6.45) is 0.854. The van der Waals surface area contributed by atoms with E-state index in [9.17, 15) is 4.79 Å². The van der Waals surface area contributed by atoms with E-state index in [1.807, 2.05) is 24.3 Å². The second kappa shape index (κ2) is 4.85. The average Bonchev–Trinajstić information content (AvgIpc) is 2.85. The Hall–Kier alpha value is -2.55. The Morgan fingerprint density at radius 1 is 1.15 bits per heavy atom. The van der Waals surface area contributed by atoms with Crippen LogP contribution >= 0.6 is 0 Å². The van der Waals surface area contributed by atoms with Crippen molar-refractivity contribution >= 4 is 16.9 Å². The highest BCUT2D eigenvalue weighted by Crippen LogP contribution is 2.31. The molecule has 1 aromatic heterocycles. The Balaban J connectivity index is 2.27. The number of benzene rings is 2. The van der Waals surface area contributed by atoms with E-state index < -0.39 is 5.97 Å². The molecule has 0 saturated heterocycles. The molecule has 0 aliphatic rings. The van der Waals surface area contributed by atoms with Crippen LogP contribution in [0.5, 0.6) is 0 Å². The van der Waals surface area contributed by atoms with Crippen molar-refractivity contribution in [3.05, 3.63) is 59.7 Å². The molecular weight excluding hydrogens is 250 g/mol. The van der Waals surface area contributed by atoms with Gasteiger partial charge in [-0.1, -0.05) is 37.3 Å². The van der Waals surface area contributed by atoms with Crippen LogP contribution in [0.15, 0.2) is 48.5 Å². The molecule has 3 rings (SSSR count). The molecule has 0 aliphatic heterocycles. The summed E-state index contributed by atoms with van der Waals surface area (Å²) in [7, 11) is 0. The third-order valence-electron chi connectivity index (χ3n) is 3.57. The van der Waals surface area contributed by atoms with Crippen molar-refractivity contribution in [2.75, 3.05) is 0 Å². The van der Waals surface area contributed by atoms with Crippen LogP contribution in [0.2, 0.25) is 0 Å². The standard InChI is InChI=1S/C17H15NO2/c1-2-13-14-10-12(17(19)20)8-9-15(14)18-16(13)11-6-4-3-5-7-11/h3-10,18H,2H2,1H3,(H,19,20). The molecule has 0 fully saturated rings. The lowest BCUT2D eigenvalue weighted by Gasteiger charge is -2.02. The molecule has 0 bridgehead atoms. The summed E-state index contributed by atoms with van der Waals surface area (Å²) in [5.41, 5.74) is 4.66. The number of aromatic carboxylic acids is 1. The molecule has 0 atom stereocenters. The lowest BCUT2D eigenvalue weighted by atomic mass is 10.0. The minimum absolute atomic E-state index is 0.325. The van der Waals surface area contributed by atoms with Crippen LogP contribution in [-0.2, 0) is 6.42 Å². The van der Waals surface area contributed by atoms with Gasteiger partial charge in [-0.15, -0.1) is 0 Å². The number of nitrogens with one attached hydrogen (secondary N) is 1. The normalized spacial score (nSPS) is 10.8. The molecule has 0 spiro atoms. The topological polar surface area (TPSA) is 53.1 Å². The number of fused-ring (bicyclic) bond motifs is 1. The largest absolute Gasteiger partial charge is 0.478 e. The minimum atomic E-state index is -0.892. The maximum Gasteiger partial charge on any atom is 0.335 e. The van der Waals surface area contributed by atoms with E-state index in [0.717, 1.165) is 34.1 Å². The van der Waals surface area contributed by atoms with Gasteiger partial charge in [-0.05, 0) is 35.7 Å². The molecule has 100 valence electrons. The van der Waals surface area contributed by atoms with Crippen molar-refractivity contribution < 1.29 is 9.90 Å². The van der Waals surface area contributed by atoms with Crippen molar-refractivity contribution in [3.8, 4) is 11.3 Å². The number of rotatable bonds is 3. The van der Waals surface area contributed by atoms with Gasteiger partial charge in [0.2, 0.25) is 0 Å². The van der Waals surface area contributed by atoms with E-state index >= 15 is 0 Å². The highest BCUT2D eigenvalue weighted by Gasteiger charge is 2.13. The second-order valence-corrected chi connectivity index (χ2v) is 4.76. The van der Waals surface area contributed by atoms with Crippen molar-refractivity contribution in [2.24, 2.45) is 0 Å². The van der Waals surface area contributed by atoms with E-state index in [0.29, 0.717) is 5.56 Å². The zero-order valence-electron chi connectivity index (χ0n) is 11.2. The first-order valence-corrected chi connectivity index (χ1v) is 6.64. The van der Waals surface area contributed by atoms with Crippen molar-refractivity contribution in [3.63, 3.8) is 0 Å². The van der Waals surface area contributed by atoms with Crippen molar-refractivity contribution in [1.29, 1.82) is 0 Å². The van der Waals surface area contributed by atoms with Crippen molar-refractivity contribution in [1.82, 2.24) is 4.98 Å². The Bertz CT molecular complexity index is 772. The fourth-order valence-electron chi connectivity index (χ4n) is 2.60. The minimum Gasteiger partial charge on any atom is -0.478 e. The van der Waals surface area contributed by atoms with Crippen LogP contribution in [0.1, 0.15) is 22.8 Å². The quantitative estimate of drug-likeness (QED) is 0.749. The fourth-order valence-corrected chi connectivity index (χ4v) is 2.60. The molecule has 0 amide bonds. The van der Waals surface area contributed by atoms with Crippen LogP contribution in [0.3, 0.4) is 0 Å². The van der Waals surface area contributed by atoms with Crippen LogP contribution in [0.25, 0.3) is 22.2 Å². The Kier molecular flexibility index (Phi) is 3.03. The zero-order valence-corrected chi connectivity index (χ0v) is 11.2. The summed E-state index contributed by atoms with van der Waals surface area (Å²) in [4.78, 5) is 14.5. The van der Waals surface area contributed by atoms with Gasteiger partial charge in [0.25, 0.3) is 0 Å². The smallest absolute Gasteiger partial charge is 0.335 e. The number of aromatic amines is 1. The van der Waals surface area contributed by atoms with Gasteiger partial charge in [0.05, 0.1) is 5.56 Å². The summed E-state index contributed by atoms with van der Waals surface area (Å²) in [6, 6.07) is 15.3. The third kappa shape index (κ3) is 1.97. The number of carbonyl (C=O) groups is 1. The molecular formula is C17H15NO2. The third-order valence-corrected chi connectivity index (χ3v) is 3.57. The molecule has 3 nitrogen and oxygen atoms in total. The van der Waals surface area contributed by atoms with Gasteiger partial charge in [-0.2, -0.15) is 0 Å². The summed E-state index contributed by atoms with van der Waals surface area (Å²) in [6.45, 7) is 2.09. The van der Waals surface area contributed by atoms with Crippen LogP contribution < -0.4 is 0 Å². The van der Waals surface area contributed by atoms with E-state index in [2.05, 4.69) is 24.0 Å². The number of aromatic nitrogens is 1. The van der Waals surface area contributed by atoms with Gasteiger partial charge in [-0.3, -0.25) is 0 Å². The molecule has 2 aromatic carbocycles. The van der Waals surface area contributed by atoms with E-state index in [1.165, 1.54) is 0 Å². The number of carboxylic acids is 1. The monoisotopic (exact) mass is 265 g/mol. The van der Waals surface area contributed by atoms with Gasteiger partial charge in [-0.25, -0.2) is 4.79 Å². The van der Waals surface area contributed by atoms with Gasteiger partial charge < -0.3 is 10.1 Å². The van der Waals surface area contributed by atoms with E-state index in [4.69, 9.17) is 5.11 Å².